The van der Waals surface area contributed by atoms with E-state index in [0.717, 1.165) is 11.3 Å². The van der Waals surface area contributed by atoms with E-state index >= 15 is 0 Å². The highest BCUT2D eigenvalue weighted by Gasteiger charge is 2.16. The van der Waals surface area contributed by atoms with E-state index in [9.17, 15) is 5.11 Å². The van der Waals surface area contributed by atoms with Gasteiger partial charge in [0.25, 0.3) is 0 Å². The summed E-state index contributed by atoms with van der Waals surface area (Å²) in [6, 6.07) is 1.68. The van der Waals surface area contributed by atoms with Crippen LogP contribution in [0.5, 0.6) is 0 Å². The number of halogens is 2. The molecule has 68 valence electrons. The number of aromatic nitrogens is 1. The van der Waals surface area contributed by atoms with Crippen molar-refractivity contribution in [1.29, 1.82) is 0 Å². The second-order valence-electron chi connectivity index (χ2n) is 2.67. The van der Waals surface area contributed by atoms with Gasteiger partial charge in [0.05, 0.1) is 0 Å². The molecule has 0 bridgehead atoms. The molecule has 13 heavy (non-hydrogen) atoms. The minimum atomic E-state index is -0.703. The average Bonchev–Trinajstić information content (AvgIpc) is 2.08. The van der Waals surface area contributed by atoms with Crippen LogP contribution in [0.15, 0.2) is 16.7 Å². The summed E-state index contributed by atoms with van der Waals surface area (Å²) >= 11 is 8.93. The normalized spacial score (nSPS) is 20.2. The number of rotatable bonds is 0. The maximum Gasteiger partial charge on any atom is 0.157 e. The second-order valence-corrected chi connectivity index (χ2v) is 3.97. The van der Waals surface area contributed by atoms with Crippen molar-refractivity contribution in [2.24, 2.45) is 0 Å². The van der Waals surface area contributed by atoms with Crippen LogP contribution < -0.4 is 5.32 Å². The highest BCUT2D eigenvalue weighted by atomic mass is 79.9. The van der Waals surface area contributed by atoms with Gasteiger partial charge in [-0.15, -0.1) is 0 Å². The Hall–Kier alpha value is -0.580. The molecular formula is C8H6BrClN2O. The van der Waals surface area contributed by atoms with Gasteiger partial charge in [-0.3, -0.25) is 0 Å². The summed E-state index contributed by atoms with van der Waals surface area (Å²) in [5.41, 5.74) is 1.69. The fraction of sp³-hybridized carbons (Fsp3) is 0.125. The molecule has 0 spiro atoms. The summed E-state index contributed by atoms with van der Waals surface area (Å²) in [7, 11) is 0. The molecule has 0 saturated carbocycles. The first-order valence-electron chi connectivity index (χ1n) is 3.64. The van der Waals surface area contributed by atoms with Crippen LogP contribution in [0, 0.1) is 0 Å². The minimum absolute atomic E-state index is 0.407. The molecule has 1 aromatic heterocycles. The summed E-state index contributed by atoms with van der Waals surface area (Å²) in [5, 5.41) is 12.7. The maximum absolute atomic E-state index is 9.43. The van der Waals surface area contributed by atoms with Gasteiger partial charge in [-0.1, -0.05) is 27.5 Å². The molecular weight excluding hydrogens is 255 g/mol. The molecule has 5 heteroatoms. The third kappa shape index (κ3) is 1.70. The number of anilines is 1. The first-order chi connectivity index (χ1) is 6.16. The van der Waals surface area contributed by atoms with Crippen LogP contribution in [0.2, 0.25) is 5.15 Å². The lowest BCUT2D eigenvalue weighted by atomic mass is 10.1. The summed E-state index contributed by atoms with van der Waals surface area (Å²) in [6.07, 6.45) is 2.75. The van der Waals surface area contributed by atoms with Gasteiger partial charge in [0, 0.05) is 21.9 Å². The molecule has 0 fully saturated rings. The van der Waals surface area contributed by atoms with Gasteiger partial charge in [0.15, 0.2) is 6.23 Å². The van der Waals surface area contributed by atoms with E-state index in [1.165, 1.54) is 0 Å². The zero-order chi connectivity index (χ0) is 9.42. The quantitative estimate of drug-likeness (QED) is 0.704. The summed E-state index contributed by atoms with van der Waals surface area (Å²) in [4.78, 5) is 3.93. The zero-order valence-electron chi connectivity index (χ0n) is 6.46. The molecule has 0 saturated heterocycles. The molecule has 0 radical (unpaired) electrons. The van der Waals surface area contributed by atoms with Gasteiger partial charge in [-0.2, -0.15) is 0 Å². The molecule has 0 aliphatic carbocycles. The highest BCUT2D eigenvalue weighted by Crippen LogP contribution is 2.29. The van der Waals surface area contributed by atoms with E-state index in [-0.39, 0.29) is 0 Å². The van der Waals surface area contributed by atoms with Crippen LogP contribution in [0.1, 0.15) is 5.56 Å². The highest BCUT2D eigenvalue weighted by molar-refractivity contribution is 9.11. The smallest absolute Gasteiger partial charge is 0.157 e. The van der Waals surface area contributed by atoms with Crippen molar-refractivity contribution in [3.63, 3.8) is 0 Å². The van der Waals surface area contributed by atoms with Gasteiger partial charge in [0.1, 0.15) is 5.15 Å². The Morgan fingerprint density at radius 2 is 2.38 bits per heavy atom. The number of nitrogens with one attached hydrogen (secondary N) is 1. The Labute approximate surface area is 88.6 Å². The van der Waals surface area contributed by atoms with Crippen molar-refractivity contribution in [2.75, 3.05) is 5.32 Å². The number of fused-ring (bicyclic) bond motifs is 1. The number of nitrogens with zero attached hydrogens (tertiary/aromatic N) is 1. The SMILES string of the molecule is OC1Nc2cc(Cl)ncc2C=C1Br. The van der Waals surface area contributed by atoms with E-state index in [1.54, 1.807) is 18.3 Å². The number of aliphatic hydroxyl groups excluding tert-OH is 1. The van der Waals surface area contributed by atoms with Gasteiger partial charge < -0.3 is 10.4 Å². The number of hydrogen-bond donors (Lipinski definition) is 2. The van der Waals surface area contributed by atoms with Gasteiger partial charge in [-0.25, -0.2) is 4.98 Å². The summed E-state index contributed by atoms with van der Waals surface area (Å²) < 4.78 is 0.684. The standard InChI is InChI=1S/C8H6BrClN2O/c9-5-1-4-3-11-7(10)2-6(4)12-8(5)13/h1-3,8,12-13H. The van der Waals surface area contributed by atoms with Crippen molar-refractivity contribution < 1.29 is 5.11 Å². The molecule has 1 unspecified atom stereocenters. The lowest BCUT2D eigenvalue weighted by molar-refractivity contribution is 0.249. The zero-order valence-corrected chi connectivity index (χ0v) is 8.80. The number of hydrogen-bond acceptors (Lipinski definition) is 3. The third-order valence-electron chi connectivity index (χ3n) is 1.75. The Balaban J connectivity index is 2.50. The number of pyridine rings is 1. The molecule has 1 aliphatic rings. The molecule has 1 aliphatic heterocycles. The van der Waals surface area contributed by atoms with Gasteiger partial charge in [0.2, 0.25) is 0 Å². The monoisotopic (exact) mass is 260 g/mol. The Kier molecular flexibility index (Phi) is 2.27. The molecule has 3 nitrogen and oxygen atoms in total. The second kappa shape index (κ2) is 3.29. The molecule has 0 amide bonds. The average molecular weight is 262 g/mol. The van der Waals surface area contributed by atoms with E-state index in [2.05, 4.69) is 26.2 Å². The number of aliphatic hydroxyl groups is 1. The van der Waals surface area contributed by atoms with E-state index in [1.807, 2.05) is 0 Å². The summed E-state index contributed by atoms with van der Waals surface area (Å²) in [5.74, 6) is 0. The first kappa shape index (κ1) is 8.99. The molecule has 2 heterocycles. The van der Waals surface area contributed by atoms with Crippen molar-refractivity contribution in [1.82, 2.24) is 4.98 Å². The largest absolute Gasteiger partial charge is 0.369 e. The lowest BCUT2D eigenvalue weighted by Gasteiger charge is -2.20. The van der Waals surface area contributed by atoms with Crippen molar-refractivity contribution >= 4 is 39.3 Å². The minimum Gasteiger partial charge on any atom is -0.369 e. The Bertz CT molecular complexity index is 380. The maximum atomic E-state index is 9.43. The fourth-order valence-electron chi connectivity index (χ4n) is 1.12. The van der Waals surface area contributed by atoms with Crippen molar-refractivity contribution in [2.45, 2.75) is 6.23 Å². The van der Waals surface area contributed by atoms with Gasteiger partial charge in [-0.05, 0) is 12.1 Å². The topological polar surface area (TPSA) is 45.1 Å². The van der Waals surface area contributed by atoms with E-state index < -0.39 is 6.23 Å². The molecule has 1 aromatic rings. The van der Waals surface area contributed by atoms with Crippen LogP contribution in [0.3, 0.4) is 0 Å². The van der Waals surface area contributed by atoms with E-state index in [0.29, 0.717) is 9.64 Å². The fourth-order valence-corrected chi connectivity index (χ4v) is 1.64. The van der Waals surface area contributed by atoms with Crippen LogP contribution in [-0.2, 0) is 0 Å². The lowest BCUT2D eigenvalue weighted by Crippen LogP contribution is -2.22. The van der Waals surface area contributed by atoms with Crippen LogP contribution in [-0.4, -0.2) is 16.3 Å². The van der Waals surface area contributed by atoms with E-state index in [4.69, 9.17) is 11.6 Å². The van der Waals surface area contributed by atoms with Crippen molar-refractivity contribution in [3.05, 3.63) is 27.5 Å². The third-order valence-corrected chi connectivity index (χ3v) is 2.62. The molecule has 0 aromatic carbocycles. The van der Waals surface area contributed by atoms with Crippen molar-refractivity contribution in [3.8, 4) is 0 Å². The molecule has 2 rings (SSSR count). The Morgan fingerprint density at radius 1 is 1.62 bits per heavy atom. The summed E-state index contributed by atoms with van der Waals surface area (Å²) in [6.45, 7) is 0. The molecule has 1 atom stereocenters. The van der Waals surface area contributed by atoms with Crippen LogP contribution >= 0.6 is 27.5 Å². The van der Waals surface area contributed by atoms with Crippen LogP contribution in [0.25, 0.3) is 6.08 Å². The molecule has 2 N–H and O–H groups in total. The van der Waals surface area contributed by atoms with Crippen LogP contribution in [0.4, 0.5) is 5.69 Å². The Morgan fingerprint density at radius 3 is 3.15 bits per heavy atom. The predicted molar refractivity (Wildman–Crippen MR) is 55.8 cm³/mol. The first-order valence-corrected chi connectivity index (χ1v) is 4.81. The van der Waals surface area contributed by atoms with Gasteiger partial charge >= 0.3 is 0 Å². The predicted octanol–water partition coefficient (Wildman–Crippen LogP) is 2.21.